The van der Waals surface area contributed by atoms with Gasteiger partial charge in [0.1, 0.15) is 12.4 Å². The van der Waals surface area contributed by atoms with E-state index < -0.39 is 0 Å². The lowest BCUT2D eigenvalue weighted by molar-refractivity contribution is -0.115. The van der Waals surface area contributed by atoms with Crippen LogP contribution in [0.3, 0.4) is 0 Å². The Balaban J connectivity index is 1.67. The van der Waals surface area contributed by atoms with E-state index in [-0.39, 0.29) is 12.0 Å². The van der Waals surface area contributed by atoms with Gasteiger partial charge in [-0.3, -0.25) is 4.79 Å². The van der Waals surface area contributed by atoms with Crippen LogP contribution in [0.2, 0.25) is 0 Å². The van der Waals surface area contributed by atoms with Crippen molar-refractivity contribution < 1.29 is 14.3 Å². The largest absolute Gasteiger partial charge is 0.489 e. The highest BCUT2D eigenvalue weighted by molar-refractivity contribution is 6.00. The molecule has 1 atom stereocenters. The van der Waals surface area contributed by atoms with Crippen molar-refractivity contribution in [1.82, 2.24) is 0 Å². The summed E-state index contributed by atoms with van der Waals surface area (Å²) < 4.78 is 11.3. The fourth-order valence-corrected chi connectivity index (χ4v) is 2.52. The van der Waals surface area contributed by atoms with Gasteiger partial charge in [0.05, 0.1) is 18.2 Å². The Morgan fingerprint density at radius 2 is 2.32 bits per heavy atom. The van der Waals surface area contributed by atoms with Crippen LogP contribution in [0, 0.1) is 0 Å². The number of nitrogen functional groups attached to an aromatic ring is 1. The standard InChI is InChI=1S/C14H18N2O3/c15-11-5-9-6-14(17)16-12(9)7-13(11)19-8-10-3-1-2-4-18-10/h5,7,10H,1-4,6,8,15H2,(H,16,17). The van der Waals surface area contributed by atoms with Gasteiger partial charge in [-0.25, -0.2) is 0 Å². The van der Waals surface area contributed by atoms with Crippen molar-refractivity contribution in [2.75, 3.05) is 24.3 Å². The van der Waals surface area contributed by atoms with Crippen LogP contribution in [0.1, 0.15) is 24.8 Å². The lowest BCUT2D eigenvalue weighted by Crippen LogP contribution is -2.26. The summed E-state index contributed by atoms with van der Waals surface area (Å²) >= 11 is 0. The maximum Gasteiger partial charge on any atom is 0.228 e. The average molecular weight is 262 g/mol. The van der Waals surface area contributed by atoms with E-state index in [1.54, 1.807) is 6.07 Å². The summed E-state index contributed by atoms with van der Waals surface area (Å²) in [4.78, 5) is 11.3. The van der Waals surface area contributed by atoms with E-state index in [9.17, 15) is 4.79 Å². The number of carbonyl (C=O) groups excluding carboxylic acids is 1. The topological polar surface area (TPSA) is 73.6 Å². The third-order valence-corrected chi connectivity index (χ3v) is 3.56. The molecule has 2 heterocycles. The number of rotatable bonds is 3. The molecule has 3 rings (SSSR count). The van der Waals surface area contributed by atoms with Gasteiger partial charge in [0.2, 0.25) is 5.91 Å². The third-order valence-electron chi connectivity index (χ3n) is 3.56. The van der Waals surface area contributed by atoms with Gasteiger partial charge in [-0.15, -0.1) is 0 Å². The van der Waals surface area contributed by atoms with Crippen molar-refractivity contribution in [2.24, 2.45) is 0 Å². The Labute approximate surface area is 112 Å². The van der Waals surface area contributed by atoms with Crippen LogP contribution in [0.5, 0.6) is 5.75 Å². The molecule has 2 aliphatic heterocycles. The van der Waals surface area contributed by atoms with E-state index in [0.717, 1.165) is 30.7 Å². The molecule has 102 valence electrons. The molecule has 0 saturated carbocycles. The van der Waals surface area contributed by atoms with E-state index in [1.165, 1.54) is 6.42 Å². The Kier molecular flexibility index (Phi) is 3.29. The van der Waals surface area contributed by atoms with Crippen molar-refractivity contribution in [1.29, 1.82) is 0 Å². The molecule has 5 heteroatoms. The van der Waals surface area contributed by atoms with Gasteiger partial charge >= 0.3 is 0 Å². The molecule has 2 aliphatic rings. The highest BCUT2D eigenvalue weighted by Gasteiger charge is 2.21. The van der Waals surface area contributed by atoms with Gasteiger partial charge in [-0.1, -0.05) is 0 Å². The zero-order chi connectivity index (χ0) is 13.2. The molecule has 5 nitrogen and oxygen atoms in total. The first-order valence-electron chi connectivity index (χ1n) is 6.69. The van der Waals surface area contributed by atoms with Gasteiger partial charge in [0.25, 0.3) is 0 Å². The molecule has 1 aromatic rings. The molecule has 19 heavy (non-hydrogen) atoms. The summed E-state index contributed by atoms with van der Waals surface area (Å²) in [6.45, 7) is 1.32. The van der Waals surface area contributed by atoms with Gasteiger partial charge in [-0.05, 0) is 30.9 Å². The summed E-state index contributed by atoms with van der Waals surface area (Å²) in [6, 6.07) is 3.61. The molecule has 1 amide bonds. The highest BCUT2D eigenvalue weighted by Crippen LogP contribution is 2.33. The SMILES string of the molecule is Nc1cc2c(cc1OCC1CCCCO1)NC(=O)C2. The molecule has 0 radical (unpaired) electrons. The monoisotopic (exact) mass is 262 g/mol. The summed E-state index contributed by atoms with van der Waals surface area (Å²) in [5, 5.41) is 2.80. The number of hydrogen-bond acceptors (Lipinski definition) is 4. The second kappa shape index (κ2) is 5.09. The van der Waals surface area contributed by atoms with Gasteiger partial charge in [0.15, 0.2) is 0 Å². The molecule has 1 saturated heterocycles. The number of nitrogens with one attached hydrogen (secondary N) is 1. The minimum absolute atomic E-state index is 0.00200. The molecule has 1 fully saturated rings. The number of benzene rings is 1. The zero-order valence-electron chi connectivity index (χ0n) is 10.8. The van der Waals surface area contributed by atoms with E-state index in [2.05, 4.69) is 5.32 Å². The lowest BCUT2D eigenvalue weighted by atomic mass is 10.1. The first-order valence-corrected chi connectivity index (χ1v) is 6.69. The molecular formula is C14H18N2O3. The predicted molar refractivity (Wildman–Crippen MR) is 72.3 cm³/mol. The van der Waals surface area contributed by atoms with Crippen LogP contribution >= 0.6 is 0 Å². The Hall–Kier alpha value is -1.75. The molecule has 3 N–H and O–H groups in total. The summed E-state index contributed by atoms with van der Waals surface area (Å²) in [6.07, 6.45) is 3.89. The zero-order valence-corrected chi connectivity index (χ0v) is 10.8. The van der Waals surface area contributed by atoms with E-state index in [4.69, 9.17) is 15.2 Å². The molecule has 0 bridgehead atoms. The minimum Gasteiger partial charge on any atom is -0.489 e. The van der Waals surface area contributed by atoms with Crippen molar-refractivity contribution in [3.63, 3.8) is 0 Å². The molecule has 0 aliphatic carbocycles. The molecule has 0 spiro atoms. The maximum atomic E-state index is 11.3. The van der Waals surface area contributed by atoms with Crippen molar-refractivity contribution >= 4 is 17.3 Å². The quantitative estimate of drug-likeness (QED) is 0.813. The first-order chi connectivity index (χ1) is 9.22. The number of carbonyl (C=O) groups is 1. The van der Waals surface area contributed by atoms with Gasteiger partial charge in [-0.2, -0.15) is 0 Å². The van der Waals surface area contributed by atoms with Gasteiger partial charge in [0, 0.05) is 18.4 Å². The van der Waals surface area contributed by atoms with Gasteiger partial charge < -0.3 is 20.5 Å². The first kappa shape index (κ1) is 12.3. The number of amides is 1. The Morgan fingerprint density at radius 3 is 3.11 bits per heavy atom. The van der Waals surface area contributed by atoms with Crippen LogP contribution < -0.4 is 15.8 Å². The summed E-state index contributed by atoms with van der Waals surface area (Å²) in [7, 11) is 0. The number of hydrogen-bond donors (Lipinski definition) is 2. The minimum atomic E-state index is 0.00200. The summed E-state index contributed by atoms with van der Waals surface area (Å²) in [5.74, 6) is 0.622. The normalized spacial score (nSPS) is 21.9. The second-order valence-electron chi connectivity index (χ2n) is 5.07. The van der Waals surface area contributed by atoms with Crippen LogP contribution in [0.25, 0.3) is 0 Å². The molecule has 0 aromatic heterocycles. The third kappa shape index (κ3) is 2.66. The predicted octanol–water partition coefficient (Wildman–Crippen LogP) is 1.71. The highest BCUT2D eigenvalue weighted by atomic mass is 16.5. The molecular weight excluding hydrogens is 244 g/mol. The molecule has 1 unspecified atom stereocenters. The molecule has 1 aromatic carbocycles. The van der Waals surface area contributed by atoms with Crippen molar-refractivity contribution in [3.05, 3.63) is 17.7 Å². The maximum absolute atomic E-state index is 11.3. The Morgan fingerprint density at radius 1 is 1.42 bits per heavy atom. The fourth-order valence-electron chi connectivity index (χ4n) is 2.52. The van der Waals surface area contributed by atoms with Crippen molar-refractivity contribution in [2.45, 2.75) is 31.8 Å². The Bertz CT molecular complexity index is 496. The van der Waals surface area contributed by atoms with Crippen LogP contribution in [0.4, 0.5) is 11.4 Å². The number of anilines is 2. The van der Waals surface area contributed by atoms with Crippen LogP contribution in [0.15, 0.2) is 12.1 Å². The van der Waals surface area contributed by atoms with Crippen LogP contribution in [-0.4, -0.2) is 25.2 Å². The smallest absolute Gasteiger partial charge is 0.228 e. The summed E-state index contributed by atoms with van der Waals surface area (Å²) in [5.41, 5.74) is 8.26. The van der Waals surface area contributed by atoms with Crippen molar-refractivity contribution in [3.8, 4) is 5.75 Å². The average Bonchev–Trinajstić information content (AvgIpc) is 2.76. The lowest BCUT2D eigenvalue weighted by Gasteiger charge is -2.23. The van der Waals surface area contributed by atoms with E-state index in [0.29, 0.717) is 24.5 Å². The number of ether oxygens (including phenoxy) is 2. The second-order valence-corrected chi connectivity index (χ2v) is 5.07. The van der Waals surface area contributed by atoms with E-state index in [1.807, 2.05) is 6.07 Å². The number of fused-ring (bicyclic) bond motifs is 1. The fraction of sp³-hybridized carbons (Fsp3) is 0.500. The number of nitrogens with two attached hydrogens (primary N) is 1. The van der Waals surface area contributed by atoms with Crippen LogP contribution in [-0.2, 0) is 16.0 Å². The van der Waals surface area contributed by atoms with E-state index >= 15 is 0 Å².